The van der Waals surface area contributed by atoms with Crippen LogP contribution in [0.4, 0.5) is 0 Å². The minimum absolute atomic E-state index is 0.184. The van der Waals surface area contributed by atoms with Gasteiger partial charge in [0.25, 0.3) is 0 Å². The Labute approximate surface area is 123 Å². The summed E-state index contributed by atoms with van der Waals surface area (Å²) in [5.41, 5.74) is 1.12. The molecule has 1 aromatic carbocycles. The SMILES string of the molecule is CCN(Cc1ccc(OC)c(C(=O)O)c1)Cc1ccco1. The fourth-order valence-corrected chi connectivity index (χ4v) is 2.18. The van der Waals surface area contributed by atoms with Crippen molar-refractivity contribution in [2.45, 2.75) is 20.0 Å². The highest BCUT2D eigenvalue weighted by molar-refractivity contribution is 5.91. The van der Waals surface area contributed by atoms with E-state index in [1.807, 2.05) is 18.2 Å². The van der Waals surface area contributed by atoms with Crippen LogP contribution in [-0.4, -0.2) is 29.6 Å². The standard InChI is InChI=1S/C16H19NO4/c1-3-17(11-13-5-4-8-21-13)10-12-6-7-15(20-2)14(9-12)16(18)19/h4-9H,3,10-11H2,1-2H3,(H,18,19). The number of carboxylic acid groups (broad SMARTS) is 1. The molecule has 0 aliphatic rings. The molecule has 2 rings (SSSR count). The van der Waals surface area contributed by atoms with Crippen LogP contribution in [0.5, 0.6) is 5.75 Å². The van der Waals surface area contributed by atoms with Gasteiger partial charge in [-0.15, -0.1) is 0 Å². The van der Waals surface area contributed by atoms with Crippen molar-refractivity contribution in [1.29, 1.82) is 0 Å². The minimum atomic E-state index is -0.984. The Morgan fingerprint density at radius 2 is 2.14 bits per heavy atom. The van der Waals surface area contributed by atoms with Gasteiger partial charge >= 0.3 is 5.97 Å². The van der Waals surface area contributed by atoms with E-state index < -0.39 is 5.97 Å². The number of carboxylic acids is 1. The topological polar surface area (TPSA) is 62.9 Å². The first-order valence-corrected chi connectivity index (χ1v) is 6.79. The zero-order valence-corrected chi connectivity index (χ0v) is 12.2. The summed E-state index contributed by atoms with van der Waals surface area (Å²) < 4.78 is 10.4. The molecule has 0 fully saturated rings. The summed E-state index contributed by atoms with van der Waals surface area (Å²) >= 11 is 0. The van der Waals surface area contributed by atoms with Crippen LogP contribution in [-0.2, 0) is 13.1 Å². The molecule has 5 nitrogen and oxygen atoms in total. The van der Waals surface area contributed by atoms with Gasteiger partial charge in [0.15, 0.2) is 0 Å². The molecule has 1 heterocycles. The van der Waals surface area contributed by atoms with E-state index in [1.54, 1.807) is 18.4 Å². The Balaban J connectivity index is 2.13. The van der Waals surface area contributed by atoms with Crippen molar-refractivity contribution in [2.24, 2.45) is 0 Å². The zero-order chi connectivity index (χ0) is 15.2. The number of furan rings is 1. The molecular formula is C16H19NO4. The maximum atomic E-state index is 11.2. The van der Waals surface area contributed by atoms with Crippen molar-refractivity contribution in [2.75, 3.05) is 13.7 Å². The first-order valence-electron chi connectivity index (χ1n) is 6.79. The first-order chi connectivity index (χ1) is 10.1. The van der Waals surface area contributed by atoms with E-state index in [0.717, 1.165) is 17.9 Å². The number of hydrogen-bond donors (Lipinski definition) is 1. The lowest BCUT2D eigenvalue weighted by molar-refractivity contribution is 0.0693. The second-order valence-corrected chi connectivity index (χ2v) is 4.72. The molecule has 0 saturated carbocycles. The number of ether oxygens (including phenoxy) is 1. The van der Waals surface area contributed by atoms with Crippen LogP contribution in [0.1, 0.15) is 28.6 Å². The van der Waals surface area contributed by atoms with E-state index in [0.29, 0.717) is 18.8 Å². The van der Waals surface area contributed by atoms with Gasteiger partial charge in [0, 0.05) is 6.54 Å². The van der Waals surface area contributed by atoms with Crippen LogP contribution in [0.15, 0.2) is 41.0 Å². The van der Waals surface area contributed by atoms with Crippen molar-refractivity contribution in [3.63, 3.8) is 0 Å². The molecule has 0 unspecified atom stereocenters. The molecule has 0 saturated heterocycles. The van der Waals surface area contributed by atoms with E-state index in [-0.39, 0.29) is 5.56 Å². The Morgan fingerprint density at radius 1 is 1.33 bits per heavy atom. The van der Waals surface area contributed by atoms with Crippen LogP contribution < -0.4 is 4.74 Å². The predicted octanol–water partition coefficient (Wildman–Crippen LogP) is 3.01. The van der Waals surface area contributed by atoms with Gasteiger partial charge in [-0.3, -0.25) is 4.90 Å². The Hall–Kier alpha value is -2.27. The Morgan fingerprint density at radius 3 is 2.71 bits per heavy atom. The summed E-state index contributed by atoms with van der Waals surface area (Å²) in [5, 5.41) is 9.21. The Kier molecular flexibility index (Phi) is 5.00. The van der Waals surface area contributed by atoms with Gasteiger partial charge in [0.1, 0.15) is 17.1 Å². The lowest BCUT2D eigenvalue weighted by Crippen LogP contribution is -2.22. The van der Waals surface area contributed by atoms with Crippen molar-refractivity contribution >= 4 is 5.97 Å². The van der Waals surface area contributed by atoms with Crippen LogP contribution in [0.3, 0.4) is 0 Å². The highest BCUT2D eigenvalue weighted by Crippen LogP contribution is 2.21. The summed E-state index contributed by atoms with van der Waals surface area (Å²) in [6.07, 6.45) is 1.65. The average molecular weight is 289 g/mol. The molecule has 0 amide bonds. The van der Waals surface area contributed by atoms with E-state index in [2.05, 4.69) is 11.8 Å². The summed E-state index contributed by atoms with van der Waals surface area (Å²) in [4.78, 5) is 13.4. The van der Waals surface area contributed by atoms with Gasteiger partial charge in [0.05, 0.1) is 19.9 Å². The van der Waals surface area contributed by atoms with E-state index in [9.17, 15) is 9.90 Å². The van der Waals surface area contributed by atoms with Crippen molar-refractivity contribution in [3.8, 4) is 5.75 Å². The second-order valence-electron chi connectivity index (χ2n) is 4.72. The van der Waals surface area contributed by atoms with Crippen molar-refractivity contribution in [3.05, 3.63) is 53.5 Å². The van der Waals surface area contributed by atoms with Crippen LogP contribution in [0.2, 0.25) is 0 Å². The zero-order valence-electron chi connectivity index (χ0n) is 12.2. The number of hydrogen-bond acceptors (Lipinski definition) is 4. The summed E-state index contributed by atoms with van der Waals surface area (Å²) in [7, 11) is 1.47. The van der Waals surface area contributed by atoms with Crippen LogP contribution in [0, 0.1) is 0 Å². The van der Waals surface area contributed by atoms with E-state index >= 15 is 0 Å². The molecule has 0 spiro atoms. The predicted molar refractivity (Wildman–Crippen MR) is 78.4 cm³/mol. The molecule has 112 valence electrons. The lowest BCUT2D eigenvalue weighted by atomic mass is 10.1. The lowest BCUT2D eigenvalue weighted by Gasteiger charge is -2.19. The smallest absolute Gasteiger partial charge is 0.339 e. The number of methoxy groups -OCH3 is 1. The fraction of sp³-hybridized carbons (Fsp3) is 0.312. The summed E-state index contributed by atoms with van der Waals surface area (Å²) in [6.45, 7) is 4.25. The highest BCUT2D eigenvalue weighted by atomic mass is 16.5. The molecule has 2 aromatic rings. The third-order valence-electron chi connectivity index (χ3n) is 3.31. The molecule has 1 N–H and O–H groups in total. The normalized spacial score (nSPS) is 10.8. The van der Waals surface area contributed by atoms with Crippen LogP contribution in [0.25, 0.3) is 0 Å². The van der Waals surface area contributed by atoms with E-state index in [4.69, 9.17) is 9.15 Å². The van der Waals surface area contributed by atoms with Gasteiger partial charge in [-0.1, -0.05) is 13.0 Å². The quantitative estimate of drug-likeness (QED) is 0.849. The molecular weight excluding hydrogens is 270 g/mol. The first kappa shape index (κ1) is 15.1. The number of aromatic carboxylic acids is 1. The molecule has 0 aliphatic carbocycles. The Bertz CT molecular complexity index is 592. The van der Waals surface area contributed by atoms with Gasteiger partial charge < -0.3 is 14.3 Å². The van der Waals surface area contributed by atoms with Gasteiger partial charge in [-0.2, -0.15) is 0 Å². The number of benzene rings is 1. The maximum absolute atomic E-state index is 11.2. The molecule has 5 heteroatoms. The minimum Gasteiger partial charge on any atom is -0.496 e. The molecule has 0 bridgehead atoms. The largest absolute Gasteiger partial charge is 0.496 e. The van der Waals surface area contributed by atoms with Gasteiger partial charge in [-0.05, 0) is 36.4 Å². The van der Waals surface area contributed by atoms with Crippen LogP contribution >= 0.6 is 0 Å². The third-order valence-corrected chi connectivity index (χ3v) is 3.31. The monoisotopic (exact) mass is 289 g/mol. The molecule has 0 radical (unpaired) electrons. The molecule has 0 aliphatic heterocycles. The molecule has 0 atom stereocenters. The molecule has 1 aromatic heterocycles. The molecule has 21 heavy (non-hydrogen) atoms. The number of carbonyl (C=O) groups is 1. The number of nitrogens with zero attached hydrogens (tertiary/aromatic N) is 1. The van der Waals surface area contributed by atoms with Crippen molar-refractivity contribution < 1.29 is 19.1 Å². The highest BCUT2D eigenvalue weighted by Gasteiger charge is 2.13. The average Bonchev–Trinajstić information content (AvgIpc) is 2.99. The maximum Gasteiger partial charge on any atom is 0.339 e. The second kappa shape index (κ2) is 6.95. The number of rotatable bonds is 7. The van der Waals surface area contributed by atoms with Gasteiger partial charge in [0.2, 0.25) is 0 Å². The summed E-state index contributed by atoms with van der Waals surface area (Å²) in [6, 6.07) is 9.03. The van der Waals surface area contributed by atoms with Gasteiger partial charge in [-0.25, -0.2) is 4.79 Å². The fourth-order valence-electron chi connectivity index (χ4n) is 2.18. The summed E-state index contributed by atoms with van der Waals surface area (Å²) in [5.74, 6) is 0.284. The van der Waals surface area contributed by atoms with E-state index in [1.165, 1.54) is 7.11 Å². The van der Waals surface area contributed by atoms with Crippen molar-refractivity contribution in [1.82, 2.24) is 4.90 Å². The third kappa shape index (κ3) is 3.86.